The van der Waals surface area contributed by atoms with Gasteiger partial charge in [-0.3, -0.25) is 9.59 Å². The molecule has 3 aromatic rings. The van der Waals surface area contributed by atoms with Gasteiger partial charge in [0, 0.05) is 27.4 Å². The SMILES string of the molecule is CCCCC(CC)C(=O)Nc1c(C(=O)c2ccccc2)[nH]c2cc(Cl)ccc12. The molecule has 2 N–H and O–H groups in total. The molecule has 0 bridgehead atoms. The highest BCUT2D eigenvalue weighted by Gasteiger charge is 2.23. The minimum Gasteiger partial charge on any atom is -0.350 e. The minimum atomic E-state index is -0.162. The van der Waals surface area contributed by atoms with E-state index in [1.165, 1.54) is 0 Å². The number of unbranched alkanes of at least 4 members (excludes halogenated alkanes) is 1. The van der Waals surface area contributed by atoms with E-state index in [0.29, 0.717) is 22.0 Å². The summed E-state index contributed by atoms with van der Waals surface area (Å²) in [7, 11) is 0. The highest BCUT2D eigenvalue weighted by atomic mass is 35.5. The molecule has 0 aliphatic heterocycles. The minimum absolute atomic E-state index is 0.0473. The lowest BCUT2D eigenvalue weighted by Gasteiger charge is -2.15. The number of ketones is 1. The van der Waals surface area contributed by atoms with Crippen LogP contribution in [-0.2, 0) is 4.79 Å². The molecule has 2 aromatic carbocycles. The molecule has 1 unspecified atom stereocenters. The number of aromatic amines is 1. The summed E-state index contributed by atoms with van der Waals surface area (Å²) in [5, 5.41) is 4.38. The summed E-state index contributed by atoms with van der Waals surface area (Å²) in [6, 6.07) is 14.4. The molecule has 1 atom stereocenters. The number of hydrogen-bond acceptors (Lipinski definition) is 2. The van der Waals surface area contributed by atoms with Crippen molar-refractivity contribution in [1.82, 2.24) is 4.98 Å². The fraction of sp³-hybridized carbons (Fsp3) is 0.304. The molecule has 146 valence electrons. The summed E-state index contributed by atoms with van der Waals surface area (Å²) in [5.41, 5.74) is 2.19. The molecule has 5 heteroatoms. The second kappa shape index (κ2) is 9.07. The Hall–Kier alpha value is -2.59. The molecule has 0 radical (unpaired) electrons. The largest absolute Gasteiger partial charge is 0.350 e. The summed E-state index contributed by atoms with van der Waals surface area (Å²) in [5.74, 6) is -0.282. The van der Waals surface area contributed by atoms with E-state index in [-0.39, 0.29) is 17.6 Å². The quantitative estimate of drug-likeness (QED) is 0.445. The van der Waals surface area contributed by atoms with Gasteiger partial charge in [0.1, 0.15) is 5.69 Å². The third-order valence-electron chi connectivity index (χ3n) is 5.04. The van der Waals surface area contributed by atoms with Crippen LogP contribution >= 0.6 is 11.6 Å². The van der Waals surface area contributed by atoms with Gasteiger partial charge >= 0.3 is 0 Å². The van der Waals surface area contributed by atoms with E-state index >= 15 is 0 Å². The topological polar surface area (TPSA) is 62.0 Å². The Bertz CT molecular complexity index is 979. The van der Waals surface area contributed by atoms with Crippen LogP contribution < -0.4 is 5.32 Å². The van der Waals surface area contributed by atoms with Gasteiger partial charge in [-0.25, -0.2) is 0 Å². The molecule has 3 rings (SSSR count). The average molecular weight is 397 g/mol. The summed E-state index contributed by atoms with van der Waals surface area (Å²) in [6.07, 6.45) is 3.66. The summed E-state index contributed by atoms with van der Waals surface area (Å²) < 4.78 is 0. The van der Waals surface area contributed by atoms with Crippen molar-refractivity contribution in [3.05, 3.63) is 64.8 Å². The number of nitrogens with one attached hydrogen (secondary N) is 2. The zero-order chi connectivity index (χ0) is 20.1. The van der Waals surface area contributed by atoms with Gasteiger partial charge in [0.05, 0.1) is 5.69 Å². The molecule has 0 saturated carbocycles. The van der Waals surface area contributed by atoms with Gasteiger partial charge in [-0.05, 0) is 31.0 Å². The van der Waals surface area contributed by atoms with Crippen LogP contribution in [0.5, 0.6) is 0 Å². The fourth-order valence-corrected chi connectivity index (χ4v) is 3.57. The van der Waals surface area contributed by atoms with Crippen LogP contribution in [0.3, 0.4) is 0 Å². The first-order valence-corrected chi connectivity index (χ1v) is 10.1. The first-order valence-electron chi connectivity index (χ1n) is 9.77. The number of benzene rings is 2. The lowest BCUT2D eigenvalue weighted by Crippen LogP contribution is -2.23. The molecular weight excluding hydrogens is 372 g/mol. The van der Waals surface area contributed by atoms with E-state index in [9.17, 15) is 9.59 Å². The molecule has 28 heavy (non-hydrogen) atoms. The van der Waals surface area contributed by atoms with Crippen LogP contribution in [0.4, 0.5) is 5.69 Å². The van der Waals surface area contributed by atoms with E-state index < -0.39 is 0 Å². The zero-order valence-electron chi connectivity index (χ0n) is 16.2. The molecule has 4 nitrogen and oxygen atoms in total. The van der Waals surface area contributed by atoms with Crippen molar-refractivity contribution in [2.45, 2.75) is 39.5 Å². The number of aromatic nitrogens is 1. The van der Waals surface area contributed by atoms with Crippen LogP contribution in [0.25, 0.3) is 10.9 Å². The van der Waals surface area contributed by atoms with Crippen molar-refractivity contribution < 1.29 is 9.59 Å². The maximum Gasteiger partial charge on any atom is 0.227 e. The molecule has 0 spiro atoms. The lowest BCUT2D eigenvalue weighted by atomic mass is 9.98. The molecule has 0 aliphatic rings. The van der Waals surface area contributed by atoms with Crippen molar-refractivity contribution >= 4 is 39.9 Å². The second-order valence-electron chi connectivity index (χ2n) is 7.00. The Kier molecular flexibility index (Phi) is 6.53. The first kappa shape index (κ1) is 20.2. The second-order valence-corrected chi connectivity index (χ2v) is 7.43. The number of amides is 1. The Balaban J connectivity index is 2.02. The van der Waals surface area contributed by atoms with E-state index in [0.717, 1.165) is 36.6 Å². The van der Waals surface area contributed by atoms with Crippen molar-refractivity contribution in [1.29, 1.82) is 0 Å². The number of halogens is 1. The molecule has 1 heterocycles. The Morgan fingerprint density at radius 2 is 1.86 bits per heavy atom. The average Bonchev–Trinajstić information content (AvgIpc) is 3.06. The fourth-order valence-electron chi connectivity index (χ4n) is 3.40. The van der Waals surface area contributed by atoms with Gasteiger partial charge in [-0.1, -0.05) is 68.6 Å². The van der Waals surface area contributed by atoms with Gasteiger partial charge in [0.2, 0.25) is 11.7 Å². The summed E-state index contributed by atoms with van der Waals surface area (Å²) in [4.78, 5) is 29.2. The van der Waals surface area contributed by atoms with Gasteiger partial charge in [-0.15, -0.1) is 0 Å². The third-order valence-corrected chi connectivity index (χ3v) is 5.28. The Labute approximate surface area is 170 Å². The number of rotatable bonds is 8. The highest BCUT2D eigenvalue weighted by Crippen LogP contribution is 2.32. The van der Waals surface area contributed by atoms with E-state index in [1.54, 1.807) is 24.3 Å². The lowest BCUT2D eigenvalue weighted by molar-refractivity contribution is -0.120. The molecular formula is C23H25ClN2O2. The van der Waals surface area contributed by atoms with Crippen LogP contribution in [0.15, 0.2) is 48.5 Å². The van der Waals surface area contributed by atoms with Gasteiger partial charge < -0.3 is 10.3 Å². The van der Waals surface area contributed by atoms with E-state index in [2.05, 4.69) is 17.2 Å². The van der Waals surface area contributed by atoms with Crippen molar-refractivity contribution in [3.63, 3.8) is 0 Å². The normalized spacial score (nSPS) is 12.1. The van der Waals surface area contributed by atoms with Crippen LogP contribution in [-0.4, -0.2) is 16.7 Å². The van der Waals surface area contributed by atoms with E-state index in [4.69, 9.17) is 11.6 Å². The molecule has 0 fully saturated rings. The smallest absolute Gasteiger partial charge is 0.227 e. The van der Waals surface area contributed by atoms with Gasteiger partial charge in [0.25, 0.3) is 0 Å². The van der Waals surface area contributed by atoms with Crippen molar-refractivity contribution in [2.75, 3.05) is 5.32 Å². The van der Waals surface area contributed by atoms with Gasteiger partial charge in [-0.2, -0.15) is 0 Å². The van der Waals surface area contributed by atoms with Crippen LogP contribution in [0, 0.1) is 5.92 Å². The number of anilines is 1. The molecule has 0 saturated heterocycles. The zero-order valence-corrected chi connectivity index (χ0v) is 17.0. The van der Waals surface area contributed by atoms with Crippen LogP contribution in [0.2, 0.25) is 5.02 Å². The van der Waals surface area contributed by atoms with E-state index in [1.807, 2.05) is 31.2 Å². The number of hydrogen-bond donors (Lipinski definition) is 2. The Morgan fingerprint density at radius 3 is 2.54 bits per heavy atom. The molecule has 1 aromatic heterocycles. The monoisotopic (exact) mass is 396 g/mol. The van der Waals surface area contributed by atoms with Gasteiger partial charge in [0.15, 0.2) is 0 Å². The maximum atomic E-state index is 13.1. The van der Waals surface area contributed by atoms with Crippen LogP contribution in [0.1, 0.15) is 55.6 Å². The number of H-pyrrole nitrogens is 1. The molecule has 1 amide bonds. The highest BCUT2D eigenvalue weighted by molar-refractivity contribution is 6.31. The summed E-state index contributed by atoms with van der Waals surface area (Å²) in [6.45, 7) is 4.13. The number of fused-ring (bicyclic) bond motifs is 1. The maximum absolute atomic E-state index is 13.1. The predicted molar refractivity (Wildman–Crippen MR) is 115 cm³/mol. The Morgan fingerprint density at radius 1 is 1.11 bits per heavy atom. The molecule has 0 aliphatic carbocycles. The number of carbonyl (C=O) groups excluding carboxylic acids is 2. The van der Waals surface area contributed by atoms with Crippen molar-refractivity contribution in [2.24, 2.45) is 5.92 Å². The number of carbonyl (C=O) groups is 2. The first-order chi connectivity index (χ1) is 13.5. The van der Waals surface area contributed by atoms with Crippen molar-refractivity contribution in [3.8, 4) is 0 Å². The summed E-state index contributed by atoms with van der Waals surface area (Å²) >= 11 is 6.12. The standard InChI is InChI=1S/C23H25ClN2O2/c1-3-5-9-15(4-2)23(28)26-20-18-13-12-17(24)14-19(18)25-21(20)22(27)16-10-7-6-8-11-16/h6-8,10-15,25H,3-5,9H2,1-2H3,(H,26,28). The predicted octanol–water partition coefficient (Wildman–Crippen LogP) is 6.21. The third kappa shape index (κ3) is 4.28.